The molecular weight excluding hydrogens is 700 g/mol. The number of nitrogens with one attached hydrogen (secondary N) is 1. The van der Waals surface area contributed by atoms with Crippen LogP contribution in [0.2, 0.25) is 20.1 Å². The van der Waals surface area contributed by atoms with Crippen LogP contribution in [0.25, 0.3) is 0 Å². The van der Waals surface area contributed by atoms with Crippen molar-refractivity contribution < 1.29 is 18.0 Å². The van der Waals surface area contributed by atoms with Crippen LogP contribution in [0.1, 0.15) is 37.5 Å². The van der Waals surface area contributed by atoms with E-state index in [4.69, 9.17) is 46.4 Å². The van der Waals surface area contributed by atoms with E-state index in [1.807, 2.05) is 58.0 Å². The van der Waals surface area contributed by atoms with Gasteiger partial charge in [0.2, 0.25) is 11.8 Å². The van der Waals surface area contributed by atoms with Crippen LogP contribution in [0.15, 0.2) is 95.9 Å². The summed E-state index contributed by atoms with van der Waals surface area (Å²) in [6.07, 6.45) is 0.146. The molecule has 2 amide bonds. The summed E-state index contributed by atoms with van der Waals surface area (Å²) < 4.78 is 29.4. The Kier molecular flexibility index (Phi) is 11.9. The molecule has 0 bridgehead atoms. The summed E-state index contributed by atoms with van der Waals surface area (Å²) in [5.74, 6) is -1.08. The third-order valence-electron chi connectivity index (χ3n) is 7.15. The largest absolute Gasteiger partial charge is 0.350 e. The third-order valence-corrected chi connectivity index (χ3v) is 9.96. The van der Waals surface area contributed by atoms with E-state index in [9.17, 15) is 18.0 Å². The second kappa shape index (κ2) is 15.3. The van der Waals surface area contributed by atoms with Crippen molar-refractivity contribution in [1.82, 2.24) is 10.2 Å². The summed E-state index contributed by atoms with van der Waals surface area (Å²) in [6.45, 7) is 6.57. The molecular formula is C35H35Cl4N3O4S. The summed E-state index contributed by atoms with van der Waals surface area (Å²) in [4.78, 5) is 29.9. The van der Waals surface area contributed by atoms with Crippen LogP contribution >= 0.6 is 46.4 Å². The fourth-order valence-corrected chi connectivity index (χ4v) is 7.27. The Bertz CT molecular complexity index is 1830. The van der Waals surface area contributed by atoms with E-state index in [1.54, 1.807) is 30.3 Å². The minimum Gasteiger partial charge on any atom is -0.350 e. The highest BCUT2D eigenvalue weighted by molar-refractivity contribution is 7.92. The molecule has 0 aliphatic heterocycles. The molecule has 0 aromatic heterocycles. The van der Waals surface area contributed by atoms with Gasteiger partial charge in [0, 0.05) is 38.6 Å². The van der Waals surface area contributed by atoms with Gasteiger partial charge in [-0.1, -0.05) is 100 Å². The molecule has 4 rings (SSSR count). The minimum absolute atomic E-state index is 0.0365. The first-order valence-electron chi connectivity index (χ1n) is 14.7. The summed E-state index contributed by atoms with van der Waals surface area (Å²) in [5.41, 5.74) is 1.63. The van der Waals surface area contributed by atoms with E-state index >= 15 is 0 Å². The highest BCUT2D eigenvalue weighted by Crippen LogP contribution is 2.31. The molecule has 0 saturated heterocycles. The van der Waals surface area contributed by atoms with Crippen molar-refractivity contribution in [3.05, 3.63) is 128 Å². The van der Waals surface area contributed by atoms with Crippen molar-refractivity contribution in [3.63, 3.8) is 0 Å². The zero-order valence-corrected chi connectivity index (χ0v) is 30.1. The van der Waals surface area contributed by atoms with Gasteiger partial charge in [-0.3, -0.25) is 13.9 Å². The predicted octanol–water partition coefficient (Wildman–Crippen LogP) is 8.36. The van der Waals surface area contributed by atoms with Crippen LogP contribution in [0.4, 0.5) is 5.69 Å². The lowest BCUT2D eigenvalue weighted by Crippen LogP contribution is -2.56. The highest BCUT2D eigenvalue weighted by atomic mass is 35.5. The zero-order chi connectivity index (χ0) is 34.5. The molecule has 47 heavy (non-hydrogen) atoms. The van der Waals surface area contributed by atoms with E-state index in [0.717, 1.165) is 15.4 Å². The molecule has 0 fully saturated rings. The highest BCUT2D eigenvalue weighted by Gasteiger charge is 2.36. The van der Waals surface area contributed by atoms with E-state index in [0.29, 0.717) is 10.6 Å². The number of anilines is 1. The topological polar surface area (TPSA) is 86.8 Å². The van der Waals surface area contributed by atoms with Crippen molar-refractivity contribution in [2.45, 2.75) is 57.1 Å². The maximum absolute atomic E-state index is 14.6. The van der Waals surface area contributed by atoms with Crippen molar-refractivity contribution >= 4 is 73.9 Å². The third kappa shape index (κ3) is 9.87. The van der Waals surface area contributed by atoms with Crippen LogP contribution in [0.5, 0.6) is 0 Å². The molecule has 0 unspecified atom stereocenters. The molecule has 1 N–H and O–H groups in total. The summed E-state index contributed by atoms with van der Waals surface area (Å²) in [7, 11) is -4.33. The van der Waals surface area contributed by atoms with Gasteiger partial charge in [0.25, 0.3) is 10.0 Å². The van der Waals surface area contributed by atoms with Gasteiger partial charge in [0.15, 0.2) is 0 Å². The summed E-state index contributed by atoms with van der Waals surface area (Å²) in [5, 5.41) is 4.04. The van der Waals surface area contributed by atoms with Gasteiger partial charge in [-0.2, -0.15) is 0 Å². The number of hydrogen-bond acceptors (Lipinski definition) is 4. The van der Waals surface area contributed by atoms with E-state index in [-0.39, 0.29) is 38.6 Å². The maximum Gasteiger partial charge on any atom is 0.264 e. The van der Waals surface area contributed by atoms with Crippen molar-refractivity contribution in [1.29, 1.82) is 0 Å². The Hall–Kier alpha value is -3.27. The molecule has 0 aliphatic carbocycles. The number of nitrogens with zero attached hydrogens (tertiary/aromatic N) is 2. The molecule has 0 aliphatic rings. The lowest BCUT2D eigenvalue weighted by molar-refractivity contribution is -0.140. The van der Waals surface area contributed by atoms with Gasteiger partial charge >= 0.3 is 0 Å². The normalized spacial score (nSPS) is 12.3. The molecule has 1 atom stereocenters. The summed E-state index contributed by atoms with van der Waals surface area (Å²) in [6, 6.07) is 23.6. The second-order valence-corrected chi connectivity index (χ2v) is 15.7. The molecule has 0 radical (unpaired) electrons. The van der Waals surface area contributed by atoms with E-state index in [2.05, 4.69) is 5.32 Å². The van der Waals surface area contributed by atoms with Gasteiger partial charge in [0.05, 0.1) is 10.6 Å². The van der Waals surface area contributed by atoms with Crippen LogP contribution in [0.3, 0.4) is 0 Å². The number of carbonyl (C=O) groups is 2. The molecule has 0 saturated carbocycles. The van der Waals surface area contributed by atoms with Crippen molar-refractivity contribution in [2.24, 2.45) is 0 Å². The second-order valence-electron chi connectivity index (χ2n) is 12.2. The quantitative estimate of drug-likeness (QED) is 0.168. The molecule has 0 spiro atoms. The lowest BCUT2D eigenvalue weighted by atomic mass is 10.0. The maximum atomic E-state index is 14.6. The fraction of sp³-hybridized carbons (Fsp3) is 0.257. The number of aryl methyl sites for hydroxylation is 1. The minimum atomic E-state index is -4.33. The van der Waals surface area contributed by atoms with Crippen LogP contribution in [-0.4, -0.2) is 43.3 Å². The number of hydrogen-bond donors (Lipinski definition) is 1. The lowest BCUT2D eigenvalue weighted by Gasteiger charge is -2.35. The Morgan fingerprint density at radius 1 is 0.809 bits per heavy atom. The Labute approximate surface area is 296 Å². The first-order chi connectivity index (χ1) is 22.0. The number of benzene rings is 4. The van der Waals surface area contributed by atoms with Gasteiger partial charge in [-0.05, 0) is 81.3 Å². The van der Waals surface area contributed by atoms with Gasteiger partial charge in [-0.25, -0.2) is 8.42 Å². The average Bonchev–Trinajstić information content (AvgIpc) is 2.97. The molecule has 248 valence electrons. The molecule has 0 heterocycles. The van der Waals surface area contributed by atoms with Crippen LogP contribution in [-0.2, 0) is 32.6 Å². The number of sulfonamides is 1. The number of halogens is 4. The van der Waals surface area contributed by atoms with Gasteiger partial charge in [-0.15, -0.1) is 0 Å². The standard InChI is InChI=1S/C35H35Cl4N3O4S/c1-23-10-14-30(15-11-23)47(45,46)42(29-18-27(37)17-28(38)19-29)22-33(43)41(21-25-12-13-26(36)20-31(25)39)32(34(44)40-35(2,3)4)16-24-8-6-5-7-9-24/h5-15,17-20,32H,16,21-22H2,1-4H3,(H,40,44)/t32-/m0/s1. The van der Waals surface area contributed by atoms with Crippen molar-refractivity contribution in [2.75, 3.05) is 10.8 Å². The van der Waals surface area contributed by atoms with Gasteiger partial charge < -0.3 is 10.2 Å². The van der Waals surface area contributed by atoms with Crippen LogP contribution < -0.4 is 9.62 Å². The smallest absolute Gasteiger partial charge is 0.264 e. The molecule has 12 heteroatoms. The number of amides is 2. The Balaban J connectivity index is 1.86. The Morgan fingerprint density at radius 2 is 1.43 bits per heavy atom. The van der Waals surface area contributed by atoms with E-state index < -0.39 is 40.0 Å². The molecule has 7 nitrogen and oxygen atoms in total. The summed E-state index contributed by atoms with van der Waals surface area (Å²) >= 11 is 25.4. The van der Waals surface area contributed by atoms with Crippen molar-refractivity contribution in [3.8, 4) is 0 Å². The Morgan fingerprint density at radius 3 is 2.00 bits per heavy atom. The zero-order valence-electron chi connectivity index (χ0n) is 26.3. The predicted molar refractivity (Wildman–Crippen MR) is 191 cm³/mol. The number of carbonyl (C=O) groups excluding carboxylic acids is 2. The van der Waals surface area contributed by atoms with Gasteiger partial charge in [0.1, 0.15) is 12.6 Å². The first-order valence-corrected chi connectivity index (χ1v) is 17.6. The fourth-order valence-electron chi connectivity index (χ4n) is 4.89. The number of rotatable bonds is 11. The molecule has 4 aromatic carbocycles. The van der Waals surface area contributed by atoms with E-state index in [1.165, 1.54) is 35.2 Å². The monoisotopic (exact) mass is 733 g/mol. The van der Waals surface area contributed by atoms with Crippen LogP contribution in [0, 0.1) is 6.92 Å². The molecule has 4 aromatic rings. The SMILES string of the molecule is Cc1ccc(S(=O)(=O)N(CC(=O)N(Cc2ccc(Cl)cc2Cl)[C@@H](Cc2ccccc2)C(=O)NC(C)(C)C)c2cc(Cl)cc(Cl)c2)cc1. The average molecular weight is 736 g/mol. The first kappa shape index (κ1) is 36.6.